The second-order valence-electron chi connectivity index (χ2n) is 4.12. The minimum absolute atomic E-state index is 0.0297. The zero-order valence-corrected chi connectivity index (χ0v) is 10.4. The highest BCUT2D eigenvalue weighted by Gasteiger charge is 2.37. The summed E-state index contributed by atoms with van der Waals surface area (Å²) in [7, 11) is -3.59. The number of halogens is 1. The van der Waals surface area contributed by atoms with Crippen LogP contribution in [0.2, 0.25) is 0 Å². The Morgan fingerprint density at radius 3 is 2.59 bits per heavy atom. The summed E-state index contributed by atoms with van der Waals surface area (Å²) in [6, 6.07) is 3.68. The lowest BCUT2D eigenvalue weighted by Crippen LogP contribution is -2.32. The lowest BCUT2D eigenvalue weighted by Gasteiger charge is -2.20. The number of hydrogen-bond acceptors (Lipinski definition) is 3. The van der Waals surface area contributed by atoms with Crippen molar-refractivity contribution in [3.05, 3.63) is 24.0 Å². The summed E-state index contributed by atoms with van der Waals surface area (Å²) >= 11 is 0. The van der Waals surface area contributed by atoms with E-state index < -0.39 is 15.8 Å². The third-order valence-electron chi connectivity index (χ3n) is 2.84. The molecule has 1 aromatic rings. The number of nitrogens with zero attached hydrogens (tertiary/aromatic N) is 1. The third kappa shape index (κ3) is 2.28. The van der Waals surface area contributed by atoms with Crippen LogP contribution in [0.15, 0.2) is 23.1 Å². The van der Waals surface area contributed by atoms with Crippen LogP contribution in [-0.2, 0) is 10.0 Å². The Morgan fingerprint density at radius 2 is 2.12 bits per heavy atom. The molecule has 94 valence electrons. The highest BCUT2D eigenvalue weighted by atomic mass is 32.2. The predicted octanol–water partition coefficient (Wildman–Crippen LogP) is 1.58. The van der Waals surface area contributed by atoms with Crippen molar-refractivity contribution in [2.24, 2.45) is 0 Å². The summed E-state index contributed by atoms with van der Waals surface area (Å²) in [5.41, 5.74) is 5.29. The summed E-state index contributed by atoms with van der Waals surface area (Å²) in [6.45, 7) is 2.18. The number of sulfonamides is 1. The van der Waals surface area contributed by atoms with Gasteiger partial charge in [0.25, 0.3) is 0 Å². The van der Waals surface area contributed by atoms with Gasteiger partial charge in [-0.2, -0.15) is 4.31 Å². The lowest BCUT2D eigenvalue weighted by molar-refractivity contribution is 0.420. The van der Waals surface area contributed by atoms with Crippen molar-refractivity contribution in [1.29, 1.82) is 0 Å². The van der Waals surface area contributed by atoms with E-state index in [-0.39, 0.29) is 16.6 Å². The molecule has 0 amide bonds. The largest absolute Gasteiger partial charge is 0.396 e. The van der Waals surface area contributed by atoms with Crippen LogP contribution in [0.5, 0.6) is 0 Å². The van der Waals surface area contributed by atoms with Crippen molar-refractivity contribution >= 4 is 15.7 Å². The second kappa shape index (κ2) is 4.27. The quantitative estimate of drug-likeness (QED) is 0.834. The van der Waals surface area contributed by atoms with E-state index in [1.54, 1.807) is 6.92 Å². The Kier molecular flexibility index (Phi) is 3.09. The number of nitrogens with two attached hydrogens (primary N) is 1. The molecule has 1 aliphatic carbocycles. The molecular weight excluding hydrogens is 243 g/mol. The maximum Gasteiger partial charge on any atom is 0.243 e. The first-order valence-electron chi connectivity index (χ1n) is 5.53. The molecule has 0 aromatic heterocycles. The van der Waals surface area contributed by atoms with Gasteiger partial charge in [-0.1, -0.05) is 6.92 Å². The Labute approximate surface area is 100 Å². The monoisotopic (exact) mass is 258 g/mol. The first-order chi connectivity index (χ1) is 7.96. The van der Waals surface area contributed by atoms with E-state index in [2.05, 4.69) is 0 Å². The molecule has 1 aromatic carbocycles. The fourth-order valence-corrected chi connectivity index (χ4v) is 3.50. The van der Waals surface area contributed by atoms with Crippen molar-refractivity contribution in [3.8, 4) is 0 Å². The Balaban J connectivity index is 2.39. The molecule has 0 unspecified atom stereocenters. The Hall–Kier alpha value is -1.14. The smallest absolute Gasteiger partial charge is 0.243 e. The molecule has 17 heavy (non-hydrogen) atoms. The SMILES string of the molecule is CCN(C1CC1)S(=O)(=O)c1ccc(N)c(F)c1. The minimum Gasteiger partial charge on any atom is -0.396 e. The van der Waals surface area contributed by atoms with Crippen molar-refractivity contribution in [2.75, 3.05) is 12.3 Å². The van der Waals surface area contributed by atoms with Gasteiger partial charge in [-0.3, -0.25) is 0 Å². The number of benzene rings is 1. The van der Waals surface area contributed by atoms with Crippen molar-refractivity contribution in [2.45, 2.75) is 30.7 Å². The molecule has 2 N–H and O–H groups in total. The first kappa shape index (κ1) is 12.3. The van der Waals surface area contributed by atoms with Gasteiger partial charge in [0.2, 0.25) is 10.0 Å². The Morgan fingerprint density at radius 1 is 1.47 bits per heavy atom. The number of nitrogen functional groups attached to an aromatic ring is 1. The third-order valence-corrected chi connectivity index (χ3v) is 4.87. The molecule has 1 aliphatic rings. The minimum atomic E-state index is -3.59. The van der Waals surface area contributed by atoms with Gasteiger partial charge in [0, 0.05) is 12.6 Å². The average molecular weight is 258 g/mol. The van der Waals surface area contributed by atoms with Gasteiger partial charge in [0.1, 0.15) is 5.82 Å². The molecule has 4 nitrogen and oxygen atoms in total. The maximum absolute atomic E-state index is 13.3. The molecule has 0 atom stereocenters. The summed E-state index contributed by atoms with van der Waals surface area (Å²) in [6.07, 6.45) is 1.76. The van der Waals surface area contributed by atoms with Crippen molar-refractivity contribution in [1.82, 2.24) is 4.31 Å². The van der Waals surface area contributed by atoms with Gasteiger partial charge in [-0.15, -0.1) is 0 Å². The van der Waals surface area contributed by atoms with Gasteiger partial charge in [0.15, 0.2) is 0 Å². The molecule has 1 saturated carbocycles. The fraction of sp³-hybridized carbons (Fsp3) is 0.455. The molecule has 0 bridgehead atoms. The van der Waals surface area contributed by atoms with E-state index in [0.29, 0.717) is 6.54 Å². The van der Waals surface area contributed by atoms with Crippen LogP contribution in [0, 0.1) is 5.82 Å². The molecule has 0 heterocycles. The van der Waals surface area contributed by atoms with Crippen LogP contribution >= 0.6 is 0 Å². The van der Waals surface area contributed by atoms with E-state index in [1.807, 2.05) is 0 Å². The molecule has 6 heteroatoms. The maximum atomic E-state index is 13.3. The number of rotatable bonds is 4. The van der Waals surface area contributed by atoms with Gasteiger partial charge < -0.3 is 5.73 Å². The predicted molar refractivity (Wildman–Crippen MR) is 63.4 cm³/mol. The number of anilines is 1. The van der Waals surface area contributed by atoms with E-state index in [0.717, 1.165) is 18.9 Å². The number of hydrogen-bond donors (Lipinski definition) is 1. The average Bonchev–Trinajstić information content (AvgIpc) is 3.07. The highest BCUT2D eigenvalue weighted by Crippen LogP contribution is 2.32. The van der Waals surface area contributed by atoms with Crippen LogP contribution in [0.25, 0.3) is 0 Å². The van der Waals surface area contributed by atoms with E-state index in [9.17, 15) is 12.8 Å². The summed E-state index contributed by atoms with van der Waals surface area (Å²) in [5, 5.41) is 0. The van der Waals surface area contributed by atoms with E-state index >= 15 is 0 Å². The van der Waals surface area contributed by atoms with E-state index in [1.165, 1.54) is 16.4 Å². The molecule has 0 aliphatic heterocycles. The van der Waals surface area contributed by atoms with Crippen molar-refractivity contribution < 1.29 is 12.8 Å². The topological polar surface area (TPSA) is 63.4 Å². The molecule has 1 fully saturated rings. The second-order valence-corrected chi connectivity index (χ2v) is 6.01. The lowest BCUT2D eigenvalue weighted by atomic mass is 10.3. The molecular formula is C11H15FN2O2S. The standard InChI is InChI=1S/C11H15FN2O2S/c1-2-14(8-3-4-8)17(15,16)9-5-6-11(13)10(12)7-9/h5-8H,2-4,13H2,1H3. The van der Waals surface area contributed by atoms with Gasteiger partial charge in [-0.25, -0.2) is 12.8 Å². The van der Waals surface area contributed by atoms with Gasteiger partial charge in [0.05, 0.1) is 10.6 Å². The molecule has 0 saturated heterocycles. The van der Waals surface area contributed by atoms with E-state index in [4.69, 9.17) is 5.73 Å². The van der Waals surface area contributed by atoms with Gasteiger partial charge in [-0.05, 0) is 31.0 Å². The molecule has 0 spiro atoms. The Bertz CT molecular complexity index is 526. The first-order valence-corrected chi connectivity index (χ1v) is 6.97. The zero-order chi connectivity index (χ0) is 12.6. The van der Waals surface area contributed by atoms with Crippen LogP contribution in [-0.4, -0.2) is 25.3 Å². The van der Waals surface area contributed by atoms with Gasteiger partial charge >= 0.3 is 0 Å². The fourth-order valence-electron chi connectivity index (χ4n) is 1.79. The zero-order valence-electron chi connectivity index (χ0n) is 9.56. The molecule has 2 rings (SSSR count). The normalized spacial score (nSPS) is 16.4. The van der Waals surface area contributed by atoms with Crippen molar-refractivity contribution in [3.63, 3.8) is 0 Å². The summed E-state index contributed by atoms with van der Waals surface area (Å²) in [4.78, 5) is -0.0297. The van der Waals surface area contributed by atoms with Crippen LogP contribution < -0.4 is 5.73 Å². The molecule has 0 radical (unpaired) electrons. The van der Waals surface area contributed by atoms with Crippen LogP contribution in [0.1, 0.15) is 19.8 Å². The highest BCUT2D eigenvalue weighted by molar-refractivity contribution is 7.89. The van der Waals surface area contributed by atoms with Crippen LogP contribution in [0.3, 0.4) is 0 Å². The van der Waals surface area contributed by atoms with Crippen LogP contribution in [0.4, 0.5) is 10.1 Å². The summed E-state index contributed by atoms with van der Waals surface area (Å²) in [5.74, 6) is -0.696. The summed E-state index contributed by atoms with van der Waals surface area (Å²) < 4.78 is 39.2.